The topological polar surface area (TPSA) is 32.3 Å². The number of carbonyl (C=O) groups excluding carboxylic acids is 1. The lowest BCUT2D eigenvalue weighted by atomic mass is 9.80. The Kier molecular flexibility index (Phi) is 6.61. The normalized spacial score (nSPS) is 11.8. The average Bonchev–Trinajstić information content (AvgIpc) is 2.47. The fraction of sp³-hybridized carbons (Fsp3) is 0.632. The molecule has 0 unspecified atom stereocenters. The number of benzene rings is 1. The molecule has 1 rings (SSSR count). The van der Waals surface area contributed by atoms with Gasteiger partial charge >= 0.3 is 0 Å². The second-order valence-corrected chi connectivity index (χ2v) is 6.69. The van der Waals surface area contributed by atoms with Gasteiger partial charge < -0.3 is 5.32 Å². The van der Waals surface area contributed by atoms with E-state index in [0.717, 1.165) is 36.2 Å². The van der Waals surface area contributed by atoms with Crippen molar-refractivity contribution in [1.29, 1.82) is 0 Å². The van der Waals surface area contributed by atoms with E-state index in [1.807, 2.05) is 13.8 Å². The highest BCUT2D eigenvalue weighted by Gasteiger charge is 2.21. The summed E-state index contributed by atoms with van der Waals surface area (Å²) in [4.78, 5) is 14.7. The third-order valence-electron chi connectivity index (χ3n) is 4.78. The summed E-state index contributed by atoms with van der Waals surface area (Å²) in [5, 5.41) is 3.04. The number of aryl methyl sites for hydroxylation is 2. The van der Waals surface area contributed by atoms with Crippen molar-refractivity contribution in [2.24, 2.45) is 0 Å². The lowest BCUT2D eigenvalue weighted by Crippen LogP contribution is -2.38. The fourth-order valence-corrected chi connectivity index (χ4v) is 2.64. The maximum Gasteiger partial charge on any atom is 0.252 e. The van der Waals surface area contributed by atoms with E-state index in [4.69, 9.17) is 0 Å². The van der Waals surface area contributed by atoms with Crippen LogP contribution in [-0.4, -0.2) is 30.6 Å². The van der Waals surface area contributed by atoms with Crippen LogP contribution in [-0.2, 0) is 5.41 Å². The highest BCUT2D eigenvalue weighted by Crippen LogP contribution is 2.30. The maximum atomic E-state index is 12.5. The van der Waals surface area contributed by atoms with Crippen LogP contribution >= 0.6 is 0 Å². The first-order valence-corrected chi connectivity index (χ1v) is 8.39. The third-order valence-corrected chi connectivity index (χ3v) is 4.78. The molecule has 1 aromatic carbocycles. The minimum absolute atomic E-state index is 0.0303. The molecule has 124 valence electrons. The Morgan fingerprint density at radius 3 is 2.00 bits per heavy atom. The number of nitrogens with one attached hydrogen (secondary N) is 1. The fourth-order valence-electron chi connectivity index (χ4n) is 2.64. The van der Waals surface area contributed by atoms with Crippen molar-refractivity contribution >= 4 is 5.91 Å². The van der Waals surface area contributed by atoms with E-state index in [9.17, 15) is 4.79 Å². The van der Waals surface area contributed by atoms with Gasteiger partial charge in [-0.05, 0) is 55.5 Å². The van der Waals surface area contributed by atoms with Crippen molar-refractivity contribution < 1.29 is 4.79 Å². The molecule has 0 spiro atoms. The largest absolute Gasteiger partial charge is 0.339 e. The second kappa shape index (κ2) is 7.77. The van der Waals surface area contributed by atoms with E-state index in [0.29, 0.717) is 6.67 Å². The van der Waals surface area contributed by atoms with Gasteiger partial charge in [0.2, 0.25) is 0 Å². The van der Waals surface area contributed by atoms with Gasteiger partial charge in [-0.25, -0.2) is 0 Å². The Bertz CT molecular complexity index is 493. The maximum absolute atomic E-state index is 12.5. The smallest absolute Gasteiger partial charge is 0.252 e. The first kappa shape index (κ1) is 18.7. The van der Waals surface area contributed by atoms with E-state index in [1.54, 1.807) is 0 Å². The van der Waals surface area contributed by atoms with Crippen molar-refractivity contribution in [3.05, 3.63) is 34.4 Å². The molecular weight excluding hydrogens is 272 g/mol. The van der Waals surface area contributed by atoms with E-state index < -0.39 is 0 Å². The number of nitrogens with zero attached hydrogens (tertiary/aromatic N) is 1. The first-order chi connectivity index (χ1) is 10.3. The molecule has 0 saturated carbocycles. The Morgan fingerprint density at radius 2 is 1.59 bits per heavy atom. The number of carbonyl (C=O) groups is 1. The van der Waals surface area contributed by atoms with Gasteiger partial charge in [-0.1, -0.05) is 46.8 Å². The van der Waals surface area contributed by atoms with Gasteiger partial charge in [0.05, 0.1) is 6.67 Å². The molecule has 0 radical (unpaired) electrons. The summed E-state index contributed by atoms with van der Waals surface area (Å²) in [5.41, 5.74) is 4.40. The molecule has 0 bridgehead atoms. The predicted octanol–water partition coefficient (Wildman–Crippen LogP) is 4.02. The van der Waals surface area contributed by atoms with Crippen molar-refractivity contribution in [3.63, 3.8) is 0 Å². The van der Waals surface area contributed by atoms with Crippen LogP contribution in [0.25, 0.3) is 0 Å². The standard InChI is InChI=1S/C19H32N2O/c1-8-19(6,7)16-11-14(4)17(15(5)12-16)18(22)20-13-21(9-2)10-3/h11-12H,8-10,13H2,1-7H3,(H,20,22). The van der Waals surface area contributed by atoms with Crippen LogP contribution in [0, 0.1) is 13.8 Å². The van der Waals surface area contributed by atoms with E-state index in [2.05, 4.69) is 57.0 Å². The molecule has 1 N–H and O–H groups in total. The zero-order valence-electron chi connectivity index (χ0n) is 15.3. The van der Waals surface area contributed by atoms with E-state index >= 15 is 0 Å². The molecule has 0 heterocycles. The van der Waals surface area contributed by atoms with Gasteiger partial charge in [-0.2, -0.15) is 0 Å². The molecule has 0 aromatic heterocycles. The van der Waals surface area contributed by atoms with Crippen LogP contribution < -0.4 is 5.32 Å². The SMILES string of the molecule is CCN(CC)CNC(=O)c1c(C)cc(C(C)(C)CC)cc1C. The molecular formula is C19H32N2O. The lowest BCUT2D eigenvalue weighted by molar-refractivity contribution is 0.0925. The molecule has 0 aliphatic rings. The van der Waals surface area contributed by atoms with Crippen LogP contribution in [0.3, 0.4) is 0 Å². The van der Waals surface area contributed by atoms with Crippen LogP contribution in [0.15, 0.2) is 12.1 Å². The predicted molar refractivity (Wildman–Crippen MR) is 94.5 cm³/mol. The summed E-state index contributed by atoms with van der Waals surface area (Å²) in [6.07, 6.45) is 1.08. The third kappa shape index (κ3) is 4.33. The first-order valence-electron chi connectivity index (χ1n) is 8.39. The Morgan fingerprint density at radius 1 is 1.09 bits per heavy atom. The molecule has 3 heteroatoms. The molecule has 1 aromatic rings. The molecule has 22 heavy (non-hydrogen) atoms. The zero-order valence-corrected chi connectivity index (χ0v) is 15.3. The van der Waals surface area contributed by atoms with Crippen LogP contribution in [0.4, 0.5) is 0 Å². The molecule has 0 saturated heterocycles. The summed E-state index contributed by atoms with van der Waals surface area (Å²) in [5.74, 6) is 0.0303. The van der Waals surface area contributed by atoms with Gasteiger partial charge in [-0.15, -0.1) is 0 Å². The minimum atomic E-state index is 0.0303. The molecule has 0 fully saturated rings. The van der Waals surface area contributed by atoms with Crippen molar-refractivity contribution in [2.45, 2.75) is 60.3 Å². The van der Waals surface area contributed by atoms with Gasteiger partial charge in [0.1, 0.15) is 0 Å². The van der Waals surface area contributed by atoms with Crippen LogP contribution in [0.1, 0.15) is 68.1 Å². The van der Waals surface area contributed by atoms with Crippen LogP contribution in [0.2, 0.25) is 0 Å². The van der Waals surface area contributed by atoms with Gasteiger partial charge in [-0.3, -0.25) is 9.69 Å². The summed E-state index contributed by atoms with van der Waals surface area (Å²) in [6, 6.07) is 4.34. The summed E-state index contributed by atoms with van der Waals surface area (Å²) < 4.78 is 0. The highest BCUT2D eigenvalue weighted by atomic mass is 16.1. The molecule has 0 aliphatic heterocycles. The quantitative estimate of drug-likeness (QED) is 0.772. The minimum Gasteiger partial charge on any atom is -0.339 e. The summed E-state index contributed by atoms with van der Waals surface area (Å²) in [7, 11) is 0. The van der Waals surface area contributed by atoms with Crippen molar-refractivity contribution in [2.75, 3.05) is 19.8 Å². The Labute approximate surface area is 136 Å². The molecule has 0 atom stereocenters. The van der Waals surface area contributed by atoms with E-state index in [1.165, 1.54) is 5.56 Å². The molecule has 0 aliphatic carbocycles. The average molecular weight is 304 g/mol. The lowest BCUT2D eigenvalue weighted by Gasteiger charge is -2.26. The molecule has 3 nitrogen and oxygen atoms in total. The van der Waals surface area contributed by atoms with E-state index in [-0.39, 0.29) is 11.3 Å². The highest BCUT2D eigenvalue weighted by molar-refractivity contribution is 5.97. The number of rotatable bonds is 7. The van der Waals surface area contributed by atoms with Crippen molar-refractivity contribution in [1.82, 2.24) is 10.2 Å². The Balaban J connectivity index is 2.99. The number of amides is 1. The van der Waals surface area contributed by atoms with Gasteiger partial charge in [0.15, 0.2) is 0 Å². The second-order valence-electron chi connectivity index (χ2n) is 6.69. The number of hydrogen-bond donors (Lipinski definition) is 1. The monoisotopic (exact) mass is 304 g/mol. The van der Waals surface area contributed by atoms with Gasteiger partial charge in [0, 0.05) is 5.56 Å². The zero-order chi connectivity index (χ0) is 16.9. The molecule has 1 amide bonds. The van der Waals surface area contributed by atoms with Gasteiger partial charge in [0.25, 0.3) is 5.91 Å². The number of hydrogen-bond acceptors (Lipinski definition) is 2. The summed E-state index contributed by atoms with van der Waals surface area (Å²) >= 11 is 0. The van der Waals surface area contributed by atoms with Crippen LogP contribution in [0.5, 0.6) is 0 Å². The summed E-state index contributed by atoms with van der Waals surface area (Å²) in [6.45, 7) is 17.5. The Hall–Kier alpha value is -1.35. The van der Waals surface area contributed by atoms with Crippen molar-refractivity contribution in [3.8, 4) is 0 Å².